The zero-order valence-corrected chi connectivity index (χ0v) is 10.9. The van der Waals surface area contributed by atoms with Crippen molar-refractivity contribution < 1.29 is 18.9 Å². The average Bonchev–Trinajstić information content (AvgIpc) is 2.23. The van der Waals surface area contributed by atoms with Crippen LogP contribution in [0.5, 0.6) is 5.75 Å². The molecule has 0 bridgehead atoms. The van der Waals surface area contributed by atoms with Crippen LogP contribution in [0.2, 0.25) is 0 Å². The van der Waals surface area contributed by atoms with Gasteiger partial charge in [-0.2, -0.15) is 0 Å². The number of aryl methyl sites for hydroxylation is 1. The molecule has 0 aliphatic carbocycles. The Bertz CT molecular complexity index is 390. The molecule has 1 rings (SSSR count). The minimum absolute atomic E-state index is 0.230. The standard InChI is InChI=1S/C8H11O4P.C2H8N2/c1-6-4-3-5-8(7(6)2)12-13(9,10)11;3-1-2-4/h3-5H,1-2H3,(H2,9,10,11);1-4H2. The van der Waals surface area contributed by atoms with Crippen LogP contribution in [0.4, 0.5) is 0 Å². The van der Waals surface area contributed by atoms with E-state index in [1.165, 1.54) is 6.07 Å². The summed E-state index contributed by atoms with van der Waals surface area (Å²) in [6, 6.07) is 5.07. The lowest BCUT2D eigenvalue weighted by Gasteiger charge is -2.10. The minimum atomic E-state index is -4.43. The number of benzene rings is 1. The minimum Gasteiger partial charge on any atom is -0.404 e. The topological polar surface area (TPSA) is 119 Å². The maximum absolute atomic E-state index is 10.5. The lowest BCUT2D eigenvalue weighted by molar-refractivity contribution is 0.282. The van der Waals surface area contributed by atoms with Crippen molar-refractivity contribution in [3.8, 4) is 5.75 Å². The summed E-state index contributed by atoms with van der Waals surface area (Å²) in [6.07, 6.45) is 0. The molecule has 0 spiro atoms. The molecule has 0 unspecified atom stereocenters. The third-order valence-corrected chi connectivity index (χ3v) is 2.37. The van der Waals surface area contributed by atoms with E-state index in [4.69, 9.17) is 21.3 Å². The van der Waals surface area contributed by atoms with Crippen molar-refractivity contribution >= 4 is 7.82 Å². The van der Waals surface area contributed by atoms with Crippen LogP contribution in [0, 0.1) is 13.8 Å². The molecule has 0 aliphatic heterocycles. The highest BCUT2D eigenvalue weighted by Crippen LogP contribution is 2.39. The predicted octanol–water partition coefficient (Wildman–Crippen LogP) is 0.679. The van der Waals surface area contributed by atoms with Gasteiger partial charge in [0.05, 0.1) is 0 Å². The zero-order valence-electron chi connectivity index (χ0n) is 9.96. The first-order valence-corrected chi connectivity index (χ1v) is 6.56. The molecule has 6 nitrogen and oxygen atoms in total. The van der Waals surface area contributed by atoms with Gasteiger partial charge < -0.3 is 16.0 Å². The number of hydrogen-bond acceptors (Lipinski definition) is 4. The number of phosphoric acid groups is 1. The van der Waals surface area contributed by atoms with Crippen molar-refractivity contribution in [3.63, 3.8) is 0 Å². The first-order valence-electron chi connectivity index (χ1n) is 5.03. The Balaban J connectivity index is 0.000000557. The Morgan fingerprint density at radius 2 is 1.76 bits per heavy atom. The van der Waals surface area contributed by atoms with Crippen LogP contribution in [-0.2, 0) is 4.57 Å². The summed E-state index contributed by atoms with van der Waals surface area (Å²) >= 11 is 0. The summed E-state index contributed by atoms with van der Waals surface area (Å²) in [6.45, 7) is 4.79. The molecule has 0 saturated carbocycles. The molecule has 0 amide bonds. The van der Waals surface area contributed by atoms with E-state index in [0.29, 0.717) is 13.1 Å². The van der Waals surface area contributed by atoms with Gasteiger partial charge in [0.1, 0.15) is 5.75 Å². The molecule has 0 atom stereocenters. The van der Waals surface area contributed by atoms with E-state index >= 15 is 0 Å². The van der Waals surface area contributed by atoms with Crippen LogP contribution in [-0.4, -0.2) is 22.9 Å². The van der Waals surface area contributed by atoms with Crippen LogP contribution in [0.3, 0.4) is 0 Å². The second-order valence-electron chi connectivity index (χ2n) is 3.36. The van der Waals surface area contributed by atoms with Crippen molar-refractivity contribution in [2.75, 3.05) is 13.1 Å². The smallest absolute Gasteiger partial charge is 0.404 e. The van der Waals surface area contributed by atoms with E-state index in [-0.39, 0.29) is 5.75 Å². The number of hydrogen-bond donors (Lipinski definition) is 4. The van der Waals surface area contributed by atoms with Gasteiger partial charge >= 0.3 is 7.82 Å². The maximum Gasteiger partial charge on any atom is 0.524 e. The Labute approximate surface area is 101 Å². The summed E-state index contributed by atoms with van der Waals surface area (Å²) in [4.78, 5) is 17.2. The van der Waals surface area contributed by atoms with Crippen molar-refractivity contribution in [3.05, 3.63) is 29.3 Å². The molecule has 1 aromatic carbocycles. The van der Waals surface area contributed by atoms with Crippen LogP contribution in [0.1, 0.15) is 11.1 Å². The Morgan fingerprint density at radius 1 is 1.24 bits per heavy atom. The largest absolute Gasteiger partial charge is 0.524 e. The number of nitrogens with two attached hydrogens (primary N) is 2. The number of phosphoric ester groups is 1. The summed E-state index contributed by atoms with van der Waals surface area (Å²) in [5.41, 5.74) is 11.5. The summed E-state index contributed by atoms with van der Waals surface area (Å²) in [5, 5.41) is 0. The molecular weight excluding hydrogens is 243 g/mol. The van der Waals surface area contributed by atoms with Gasteiger partial charge in [0, 0.05) is 13.1 Å². The summed E-state index contributed by atoms with van der Waals surface area (Å²) < 4.78 is 15.0. The summed E-state index contributed by atoms with van der Waals surface area (Å²) in [5.74, 6) is 0.230. The first-order chi connectivity index (χ1) is 7.81. The number of rotatable bonds is 3. The molecule has 0 heterocycles. The monoisotopic (exact) mass is 262 g/mol. The van der Waals surface area contributed by atoms with Crippen molar-refractivity contribution in [1.29, 1.82) is 0 Å². The van der Waals surface area contributed by atoms with E-state index in [0.717, 1.165) is 11.1 Å². The normalized spacial score (nSPS) is 10.5. The molecule has 0 saturated heterocycles. The second-order valence-corrected chi connectivity index (χ2v) is 4.52. The van der Waals surface area contributed by atoms with Gasteiger partial charge in [0.25, 0.3) is 0 Å². The van der Waals surface area contributed by atoms with E-state index in [9.17, 15) is 4.57 Å². The highest BCUT2D eigenvalue weighted by molar-refractivity contribution is 7.46. The van der Waals surface area contributed by atoms with Gasteiger partial charge in [-0.3, -0.25) is 9.79 Å². The van der Waals surface area contributed by atoms with Gasteiger partial charge in [-0.25, -0.2) is 4.57 Å². The van der Waals surface area contributed by atoms with Gasteiger partial charge in [-0.15, -0.1) is 0 Å². The van der Waals surface area contributed by atoms with E-state index in [1.54, 1.807) is 13.0 Å². The fourth-order valence-electron chi connectivity index (χ4n) is 0.951. The van der Waals surface area contributed by atoms with Crippen LogP contribution in [0.25, 0.3) is 0 Å². The SMILES string of the molecule is Cc1cccc(OP(=O)(O)O)c1C.NCCN. The Morgan fingerprint density at radius 3 is 2.18 bits per heavy atom. The maximum atomic E-state index is 10.5. The van der Waals surface area contributed by atoms with E-state index in [2.05, 4.69) is 4.52 Å². The molecule has 6 N–H and O–H groups in total. The third-order valence-electron chi connectivity index (χ3n) is 1.94. The molecule has 0 aromatic heterocycles. The molecule has 0 fully saturated rings. The van der Waals surface area contributed by atoms with E-state index < -0.39 is 7.82 Å². The molecule has 0 radical (unpaired) electrons. The lowest BCUT2D eigenvalue weighted by atomic mass is 10.1. The quantitative estimate of drug-likeness (QED) is 0.595. The van der Waals surface area contributed by atoms with Crippen molar-refractivity contribution in [1.82, 2.24) is 0 Å². The highest BCUT2D eigenvalue weighted by Gasteiger charge is 2.17. The zero-order chi connectivity index (χ0) is 13.5. The second kappa shape index (κ2) is 7.42. The molecule has 1 aromatic rings. The van der Waals surface area contributed by atoms with Crippen molar-refractivity contribution in [2.24, 2.45) is 11.5 Å². The summed E-state index contributed by atoms with van der Waals surface area (Å²) in [7, 11) is -4.43. The van der Waals surface area contributed by atoms with Crippen molar-refractivity contribution in [2.45, 2.75) is 13.8 Å². The Hall–Kier alpha value is -0.910. The van der Waals surface area contributed by atoms with Crippen LogP contribution < -0.4 is 16.0 Å². The van der Waals surface area contributed by atoms with Gasteiger partial charge in [0.2, 0.25) is 0 Å². The molecule has 98 valence electrons. The molecule has 17 heavy (non-hydrogen) atoms. The third kappa shape index (κ3) is 7.10. The lowest BCUT2D eigenvalue weighted by Crippen LogP contribution is -2.11. The fourth-order valence-corrected chi connectivity index (χ4v) is 1.41. The predicted molar refractivity (Wildman–Crippen MR) is 66.7 cm³/mol. The van der Waals surface area contributed by atoms with Gasteiger partial charge in [-0.05, 0) is 31.0 Å². The van der Waals surface area contributed by atoms with Gasteiger partial charge in [0.15, 0.2) is 0 Å². The average molecular weight is 262 g/mol. The molecule has 0 aliphatic rings. The fraction of sp³-hybridized carbons (Fsp3) is 0.400. The highest BCUT2D eigenvalue weighted by atomic mass is 31.2. The Kier molecular flexibility index (Phi) is 7.03. The van der Waals surface area contributed by atoms with Crippen LogP contribution >= 0.6 is 7.82 Å². The molecule has 7 heteroatoms. The van der Waals surface area contributed by atoms with Crippen LogP contribution in [0.15, 0.2) is 18.2 Å². The first kappa shape index (κ1) is 16.1. The van der Waals surface area contributed by atoms with Gasteiger partial charge in [-0.1, -0.05) is 12.1 Å². The van der Waals surface area contributed by atoms with E-state index in [1.807, 2.05) is 13.0 Å². The molecular formula is C10H19N2O4P.